The zero-order valence-corrected chi connectivity index (χ0v) is 15.8. The average molecular weight is 356 g/mol. The first-order valence-electron chi connectivity index (χ1n) is 9.88. The summed E-state index contributed by atoms with van der Waals surface area (Å²) in [4.78, 5) is 19.4. The van der Waals surface area contributed by atoms with Crippen molar-refractivity contribution in [2.75, 3.05) is 6.54 Å². The molecule has 4 rings (SSSR count). The van der Waals surface area contributed by atoms with Crippen LogP contribution in [0.5, 0.6) is 0 Å². The number of likely N-dealkylation sites (tertiary alicyclic amines) is 1. The van der Waals surface area contributed by atoms with Gasteiger partial charge < -0.3 is 4.42 Å². The van der Waals surface area contributed by atoms with Gasteiger partial charge in [-0.15, -0.1) is 0 Å². The summed E-state index contributed by atoms with van der Waals surface area (Å²) < 4.78 is 7.26. The molecule has 0 N–H and O–H groups in total. The molecule has 26 heavy (non-hydrogen) atoms. The maximum Gasteiger partial charge on any atom is 0.267 e. The van der Waals surface area contributed by atoms with Gasteiger partial charge in [0, 0.05) is 24.6 Å². The second kappa shape index (κ2) is 7.35. The molecule has 1 aliphatic carbocycles. The second-order valence-corrected chi connectivity index (χ2v) is 7.93. The van der Waals surface area contributed by atoms with Gasteiger partial charge in [0.15, 0.2) is 6.39 Å². The Morgan fingerprint density at radius 2 is 2.12 bits per heavy atom. The van der Waals surface area contributed by atoms with Crippen molar-refractivity contribution < 1.29 is 4.42 Å². The number of nitrogens with zero attached hydrogens (tertiary/aromatic N) is 4. The van der Waals surface area contributed by atoms with E-state index in [2.05, 4.69) is 23.7 Å². The SMILES string of the molecule is CC(C)c1ocnc1CN1CCCC1Cn1nc2c(cc1=O)CCCC2. The third kappa shape index (κ3) is 3.47. The number of fused-ring (bicyclic) bond motifs is 1. The van der Waals surface area contributed by atoms with E-state index in [0.29, 0.717) is 18.5 Å². The van der Waals surface area contributed by atoms with E-state index >= 15 is 0 Å². The zero-order valence-electron chi connectivity index (χ0n) is 15.8. The molecule has 6 heteroatoms. The number of hydrogen-bond donors (Lipinski definition) is 0. The van der Waals surface area contributed by atoms with Crippen molar-refractivity contribution in [3.05, 3.63) is 45.5 Å². The molecule has 140 valence electrons. The maximum absolute atomic E-state index is 12.5. The molecule has 1 aliphatic heterocycles. The standard InChI is InChI=1S/C20H28N4O2/c1-14(2)20-18(21-13-26-20)12-23-9-5-7-16(23)11-24-19(25)10-15-6-3-4-8-17(15)22-24/h10,13-14,16H,3-9,11-12H2,1-2H3. The summed E-state index contributed by atoms with van der Waals surface area (Å²) in [6.07, 6.45) is 8.14. The van der Waals surface area contributed by atoms with E-state index in [4.69, 9.17) is 9.52 Å². The smallest absolute Gasteiger partial charge is 0.267 e. The Kier molecular flexibility index (Phi) is 4.94. The molecular weight excluding hydrogens is 328 g/mol. The molecule has 0 spiro atoms. The normalized spacial score (nSPS) is 20.7. The maximum atomic E-state index is 12.5. The molecule has 0 saturated carbocycles. The van der Waals surface area contributed by atoms with Crippen LogP contribution in [0.15, 0.2) is 21.7 Å². The third-order valence-electron chi connectivity index (χ3n) is 5.71. The van der Waals surface area contributed by atoms with Gasteiger partial charge in [-0.1, -0.05) is 13.8 Å². The fourth-order valence-corrected chi connectivity index (χ4v) is 4.30. The minimum absolute atomic E-state index is 0.0433. The lowest BCUT2D eigenvalue weighted by atomic mass is 9.97. The molecule has 0 aromatic carbocycles. The molecule has 1 atom stereocenters. The van der Waals surface area contributed by atoms with Gasteiger partial charge in [-0.3, -0.25) is 9.69 Å². The summed E-state index contributed by atoms with van der Waals surface area (Å²) >= 11 is 0. The third-order valence-corrected chi connectivity index (χ3v) is 5.71. The second-order valence-electron chi connectivity index (χ2n) is 7.93. The highest BCUT2D eigenvalue weighted by Gasteiger charge is 2.28. The van der Waals surface area contributed by atoms with Gasteiger partial charge in [0.05, 0.1) is 17.9 Å². The van der Waals surface area contributed by atoms with E-state index in [1.165, 1.54) is 12.8 Å². The van der Waals surface area contributed by atoms with Crippen LogP contribution in [0.25, 0.3) is 0 Å². The number of hydrogen-bond acceptors (Lipinski definition) is 5. The van der Waals surface area contributed by atoms with Gasteiger partial charge in [0.25, 0.3) is 5.56 Å². The number of aryl methyl sites for hydroxylation is 2. The number of aromatic nitrogens is 3. The molecule has 1 fully saturated rings. The number of oxazole rings is 1. The summed E-state index contributed by atoms with van der Waals surface area (Å²) in [5, 5.41) is 4.70. The molecule has 1 saturated heterocycles. The first-order chi connectivity index (χ1) is 12.6. The minimum atomic E-state index is 0.0433. The van der Waals surface area contributed by atoms with E-state index in [1.807, 2.05) is 6.07 Å². The predicted octanol–water partition coefficient (Wildman–Crippen LogP) is 2.90. The van der Waals surface area contributed by atoms with Crippen LogP contribution in [0.2, 0.25) is 0 Å². The molecule has 2 aromatic heterocycles. The van der Waals surface area contributed by atoms with Gasteiger partial charge in [-0.25, -0.2) is 9.67 Å². The van der Waals surface area contributed by atoms with Crippen molar-refractivity contribution >= 4 is 0 Å². The van der Waals surface area contributed by atoms with Crippen LogP contribution >= 0.6 is 0 Å². The molecule has 3 heterocycles. The summed E-state index contributed by atoms with van der Waals surface area (Å²) in [5.41, 5.74) is 3.35. The Morgan fingerprint density at radius 3 is 2.96 bits per heavy atom. The Hall–Kier alpha value is -1.95. The number of rotatable bonds is 5. The molecule has 0 bridgehead atoms. The van der Waals surface area contributed by atoms with Crippen LogP contribution < -0.4 is 5.56 Å². The zero-order chi connectivity index (χ0) is 18.1. The highest BCUT2D eigenvalue weighted by molar-refractivity contribution is 5.20. The highest BCUT2D eigenvalue weighted by atomic mass is 16.3. The van der Waals surface area contributed by atoms with Crippen molar-refractivity contribution in [1.82, 2.24) is 19.7 Å². The Labute approximate surface area is 154 Å². The summed E-state index contributed by atoms with van der Waals surface area (Å²) in [6.45, 7) is 6.74. The van der Waals surface area contributed by atoms with Gasteiger partial charge in [0.2, 0.25) is 0 Å². The minimum Gasteiger partial charge on any atom is -0.448 e. The monoisotopic (exact) mass is 356 g/mol. The van der Waals surface area contributed by atoms with E-state index in [1.54, 1.807) is 11.1 Å². The van der Waals surface area contributed by atoms with Crippen LogP contribution in [0.3, 0.4) is 0 Å². The quantitative estimate of drug-likeness (QED) is 0.824. The van der Waals surface area contributed by atoms with E-state index in [9.17, 15) is 4.79 Å². The fourth-order valence-electron chi connectivity index (χ4n) is 4.30. The van der Waals surface area contributed by atoms with E-state index in [0.717, 1.165) is 61.5 Å². The van der Waals surface area contributed by atoms with Crippen LogP contribution in [0.1, 0.15) is 68.2 Å². The van der Waals surface area contributed by atoms with Crippen molar-refractivity contribution in [1.29, 1.82) is 0 Å². The summed E-state index contributed by atoms with van der Waals surface area (Å²) in [5.74, 6) is 1.30. The largest absolute Gasteiger partial charge is 0.448 e. The lowest BCUT2D eigenvalue weighted by Gasteiger charge is -2.25. The Morgan fingerprint density at radius 1 is 1.27 bits per heavy atom. The van der Waals surface area contributed by atoms with Gasteiger partial charge in [-0.2, -0.15) is 5.10 Å². The van der Waals surface area contributed by atoms with Crippen molar-refractivity contribution in [3.63, 3.8) is 0 Å². The predicted molar refractivity (Wildman–Crippen MR) is 99.2 cm³/mol. The van der Waals surface area contributed by atoms with Gasteiger partial charge in [0.1, 0.15) is 5.76 Å². The molecule has 1 unspecified atom stereocenters. The Balaban J connectivity index is 1.51. The van der Waals surface area contributed by atoms with Crippen LogP contribution in [0, 0.1) is 0 Å². The fraction of sp³-hybridized carbons (Fsp3) is 0.650. The van der Waals surface area contributed by atoms with E-state index in [-0.39, 0.29) is 5.56 Å². The first-order valence-corrected chi connectivity index (χ1v) is 9.88. The van der Waals surface area contributed by atoms with Crippen LogP contribution in [0.4, 0.5) is 0 Å². The summed E-state index contributed by atoms with van der Waals surface area (Å²) in [7, 11) is 0. The van der Waals surface area contributed by atoms with Gasteiger partial charge in [-0.05, 0) is 50.6 Å². The van der Waals surface area contributed by atoms with E-state index < -0.39 is 0 Å². The van der Waals surface area contributed by atoms with Gasteiger partial charge >= 0.3 is 0 Å². The highest BCUT2D eigenvalue weighted by Crippen LogP contribution is 2.25. The molecule has 6 nitrogen and oxygen atoms in total. The molecule has 0 radical (unpaired) electrons. The topological polar surface area (TPSA) is 64.2 Å². The molecule has 2 aromatic rings. The Bertz CT molecular complexity index is 823. The first kappa shape index (κ1) is 17.5. The van der Waals surface area contributed by atoms with Crippen molar-refractivity contribution in [2.45, 2.75) is 77.4 Å². The van der Waals surface area contributed by atoms with Crippen molar-refractivity contribution in [2.24, 2.45) is 0 Å². The molecule has 0 amide bonds. The average Bonchev–Trinajstić information content (AvgIpc) is 3.26. The molecular formula is C20H28N4O2. The molecule has 2 aliphatic rings. The lowest BCUT2D eigenvalue weighted by Crippen LogP contribution is -2.37. The lowest BCUT2D eigenvalue weighted by molar-refractivity contribution is 0.212. The van der Waals surface area contributed by atoms with Crippen LogP contribution in [-0.2, 0) is 25.9 Å². The van der Waals surface area contributed by atoms with Crippen LogP contribution in [-0.4, -0.2) is 32.3 Å². The summed E-state index contributed by atoms with van der Waals surface area (Å²) in [6, 6.07) is 2.15. The van der Waals surface area contributed by atoms with Crippen molar-refractivity contribution in [3.8, 4) is 0 Å².